The number of hydrogen-bond donors (Lipinski definition) is 1. The van der Waals surface area contributed by atoms with Crippen LogP contribution in [0, 0.1) is 17.6 Å². The van der Waals surface area contributed by atoms with Gasteiger partial charge in [0.25, 0.3) is 0 Å². The van der Waals surface area contributed by atoms with Crippen LogP contribution in [0.3, 0.4) is 0 Å². The summed E-state index contributed by atoms with van der Waals surface area (Å²) in [6.07, 6.45) is 4.74. The zero-order chi connectivity index (χ0) is 15.4. The first kappa shape index (κ1) is 16.4. The highest BCUT2D eigenvalue weighted by molar-refractivity contribution is 5.23. The first-order valence-corrected chi connectivity index (χ1v) is 7.93. The molecule has 0 radical (unpaired) electrons. The minimum atomic E-state index is -0.539. The summed E-state index contributed by atoms with van der Waals surface area (Å²) in [6.45, 7) is 5.57. The van der Waals surface area contributed by atoms with Gasteiger partial charge in [0.1, 0.15) is 11.6 Å². The fourth-order valence-electron chi connectivity index (χ4n) is 3.40. The second kappa shape index (κ2) is 7.32. The quantitative estimate of drug-likeness (QED) is 0.863. The van der Waals surface area contributed by atoms with Crippen molar-refractivity contribution >= 4 is 0 Å². The summed E-state index contributed by atoms with van der Waals surface area (Å²) >= 11 is 0. The second-order valence-electron chi connectivity index (χ2n) is 6.45. The van der Waals surface area contributed by atoms with E-state index in [-0.39, 0.29) is 6.04 Å². The Bertz CT molecular complexity index is 456. The van der Waals surface area contributed by atoms with E-state index in [4.69, 9.17) is 5.73 Å². The number of hydrogen-bond acceptors (Lipinski definition) is 2. The molecule has 2 N–H and O–H groups in total. The third kappa shape index (κ3) is 4.01. The van der Waals surface area contributed by atoms with Gasteiger partial charge in [0.2, 0.25) is 0 Å². The van der Waals surface area contributed by atoms with Gasteiger partial charge in [-0.15, -0.1) is 0 Å². The molecule has 1 aromatic rings. The van der Waals surface area contributed by atoms with Gasteiger partial charge in [0.15, 0.2) is 0 Å². The van der Waals surface area contributed by atoms with Crippen molar-refractivity contribution in [1.29, 1.82) is 0 Å². The fraction of sp³-hybridized carbons (Fsp3) is 0.647. The summed E-state index contributed by atoms with van der Waals surface area (Å²) in [5.41, 5.74) is 6.47. The van der Waals surface area contributed by atoms with Crippen LogP contribution in [0.1, 0.15) is 51.1 Å². The molecule has 0 bridgehead atoms. The fourth-order valence-corrected chi connectivity index (χ4v) is 3.40. The SMILES string of the molecule is CC(C)CN(C1CCCC1)C(CN)c1ccc(F)cc1F. The van der Waals surface area contributed by atoms with Crippen LogP contribution in [0.2, 0.25) is 0 Å². The van der Waals surface area contributed by atoms with Gasteiger partial charge in [-0.2, -0.15) is 0 Å². The van der Waals surface area contributed by atoms with Crippen molar-refractivity contribution in [1.82, 2.24) is 4.90 Å². The molecule has 0 aromatic heterocycles. The summed E-state index contributed by atoms with van der Waals surface area (Å²) in [4.78, 5) is 2.34. The molecule has 118 valence electrons. The molecule has 21 heavy (non-hydrogen) atoms. The Morgan fingerprint density at radius 2 is 1.90 bits per heavy atom. The van der Waals surface area contributed by atoms with Gasteiger partial charge in [-0.05, 0) is 24.8 Å². The molecule has 0 saturated heterocycles. The van der Waals surface area contributed by atoms with Gasteiger partial charge in [-0.1, -0.05) is 32.8 Å². The molecule has 0 heterocycles. The van der Waals surface area contributed by atoms with Crippen molar-refractivity contribution in [2.24, 2.45) is 11.7 Å². The maximum atomic E-state index is 14.2. The summed E-state index contributed by atoms with van der Waals surface area (Å²) in [5, 5.41) is 0. The first-order chi connectivity index (χ1) is 10.0. The number of benzene rings is 1. The number of nitrogens with two attached hydrogens (primary N) is 1. The number of rotatable bonds is 6. The van der Waals surface area contributed by atoms with Crippen LogP contribution in [0.4, 0.5) is 8.78 Å². The minimum absolute atomic E-state index is 0.170. The van der Waals surface area contributed by atoms with E-state index < -0.39 is 11.6 Å². The van der Waals surface area contributed by atoms with Crippen LogP contribution in [0.5, 0.6) is 0 Å². The van der Waals surface area contributed by atoms with E-state index in [2.05, 4.69) is 18.7 Å². The zero-order valence-corrected chi connectivity index (χ0v) is 13.0. The molecule has 1 aromatic carbocycles. The van der Waals surface area contributed by atoms with Crippen molar-refractivity contribution < 1.29 is 8.78 Å². The molecule has 1 aliphatic carbocycles. The Labute approximate surface area is 126 Å². The van der Waals surface area contributed by atoms with Crippen LogP contribution in [0.25, 0.3) is 0 Å². The normalized spacial score (nSPS) is 17.9. The molecule has 2 nitrogen and oxygen atoms in total. The molecule has 1 fully saturated rings. The van der Waals surface area contributed by atoms with E-state index in [9.17, 15) is 8.78 Å². The third-order valence-corrected chi connectivity index (χ3v) is 4.31. The lowest BCUT2D eigenvalue weighted by atomic mass is 10.00. The molecule has 4 heteroatoms. The maximum Gasteiger partial charge on any atom is 0.130 e. The Morgan fingerprint density at radius 3 is 2.43 bits per heavy atom. The van der Waals surface area contributed by atoms with Gasteiger partial charge in [0.05, 0.1) is 6.04 Å². The van der Waals surface area contributed by atoms with E-state index in [1.807, 2.05) is 0 Å². The zero-order valence-electron chi connectivity index (χ0n) is 13.0. The van der Waals surface area contributed by atoms with Crippen LogP contribution >= 0.6 is 0 Å². The molecular weight excluding hydrogens is 270 g/mol. The van der Waals surface area contributed by atoms with E-state index >= 15 is 0 Å². The molecular formula is C17H26F2N2. The monoisotopic (exact) mass is 296 g/mol. The van der Waals surface area contributed by atoms with E-state index in [1.165, 1.54) is 18.9 Å². The maximum absolute atomic E-state index is 14.2. The minimum Gasteiger partial charge on any atom is -0.329 e. The topological polar surface area (TPSA) is 29.3 Å². The Morgan fingerprint density at radius 1 is 1.24 bits per heavy atom. The average molecular weight is 296 g/mol. The molecule has 1 aliphatic rings. The molecule has 0 spiro atoms. The number of halogens is 2. The summed E-state index contributed by atoms with van der Waals surface area (Å²) in [7, 11) is 0. The molecule has 0 amide bonds. The lowest BCUT2D eigenvalue weighted by Crippen LogP contribution is -2.42. The van der Waals surface area contributed by atoms with Gasteiger partial charge in [0, 0.05) is 30.8 Å². The summed E-state index contributed by atoms with van der Waals surface area (Å²) in [5.74, 6) is -0.538. The first-order valence-electron chi connectivity index (χ1n) is 7.93. The molecule has 2 rings (SSSR count). The smallest absolute Gasteiger partial charge is 0.130 e. The average Bonchev–Trinajstić information content (AvgIpc) is 2.94. The molecule has 0 aliphatic heterocycles. The third-order valence-electron chi connectivity index (χ3n) is 4.31. The van der Waals surface area contributed by atoms with E-state index in [0.29, 0.717) is 24.1 Å². The predicted octanol–water partition coefficient (Wildman–Crippen LogP) is 3.87. The second-order valence-corrected chi connectivity index (χ2v) is 6.45. The van der Waals surface area contributed by atoms with Crippen LogP contribution in [0.15, 0.2) is 18.2 Å². The Hall–Kier alpha value is -1.00. The molecule has 1 atom stereocenters. The highest BCUT2D eigenvalue weighted by Crippen LogP contribution is 2.32. The van der Waals surface area contributed by atoms with Crippen molar-refractivity contribution in [2.75, 3.05) is 13.1 Å². The lowest BCUT2D eigenvalue weighted by Gasteiger charge is -2.37. The van der Waals surface area contributed by atoms with E-state index in [1.54, 1.807) is 6.07 Å². The Balaban J connectivity index is 2.29. The van der Waals surface area contributed by atoms with Gasteiger partial charge in [-0.25, -0.2) is 8.78 Å². The lowest BCUT2D eigenvalue weighted by molar-refractivity contribution is 0.119. The predicted molar refractivity (Wildman–Crippen MR) is 82.0 cm³/mol. The summed E-state index contributed by atoms with van der Waals surface area (Å²) in [6, 6.07) is 4.12. The van der Waals surface area contributed by atoms with E-state index in [0.717, 1.165) is 25.5 Å². The summed E-state index contributed by atoms with van der Waals surface area (Å²) < 4.78 is 27.3. The van der Waals surface area contributed by atoms with Crippen molar-refractivity contribution in [3.8, 4) is 0 Å². The van der Waals surface area contributed by atoms with Crippen molar-refractivity contribution in [3.63, 3.8) is 0 Å². The molecule has 1 saturated carbocycles. The molecule has 1 unspecified atom stereocenters. The van der Waals surface area contributed by atoms with Crippen molar-refractivity contribution in [2.45, 2.75) is 51.6 Å². The number of nitrogens with zero attached hydrogens (tertiary/aromatic N) is 1. The highest BCUT2D eigenvalue weighted by Gasteiger charge is 2.30. The van der Waals surface area contributed by atoms with Gasteiger partial charge >= 0.3 is 0 Å². The van der Waals surface area contributed by atoms with Crippen LogP contribution in [-0.4, -0.2) is 24.0 Å². The van der Waals surface area contributed by atoms with Gasteiger partial charge < -0.3 is 5.73 Å². The van der Waals surface area contributed by atoms with Crippen molar-refractivity contribution in [3.05, 3.63) is 35.4 Å². The highest BCUT2D eigenvalue weighted by atomic mass is 19.1. The standard InChI is InChI=1S/C17H26F2N2/c1-12(2)11-21(14-5-3-4-6-14)17(10-20)15-8-7-13(18)9-16(15)19/h7-9,12,14,17H,3-6,10-11,20H2,1-2H3. The Kier molecular flexibility index (Phi) is 5.71. The largest absolute Gasteiger partial charge is 0.329 e. The van der Waals surface area contributed by atoms with Crippen LogP contribution in [-0.2, 0) is 0 Å². The van der Waals surface area contributed by atoms with Crippen LogP contribution < -0.4 is 5.73 Å². The van der Waals surface area contributed by atoms with Gasteiger partial charge in [-0.3, -0.25) is 4.90 Å².